The lowest BCUT2D eigenvalue weighted by atomic mass is 10.2. The molecule has 0 saturated carbocycles. The highest BCUT2D eigenvalue weighted by molar-refractivity contribution is 5.74. The molecule has 24 heavy (non-hydrogen) atoms. The van der Waals surface area contributed by atoms with Gasteiger partial charge >= 0.3 is 12.2 Å². The summed E-state index contributed by atoms with van der Waals surface area (Å²) in [5.41, 5.74) is -0.943. The van der Waals surface area contributed by atoms with Crippen molar-refractivity contribution < 1.29 is 18.0 Å². The van der Waals surface area contributed by atoms with Crippen LogP contribution >= 0.6 is 0 Å². The van der Waals surface area contributed by atoms with Gasteiger partial charge in [-0.15, -0.1) is 0 Å². The topological polar surface area (TPSA) is 61.4 Å². The zero-order chi connectivity index (χ0) is 17.9. The molecule has 2 rings (SSSR count). The van der Waals surface area contributed by atoms with Gasteiger partial charge in [0.2, 0.25) is 0 Å². The number of halogens is 3. The summed E-state index contributed by atoms with van der Waals surface area (Å²) in [4.78, 5) is 23.0. The molecule has 1 aromatic heterocycles. The van der Waals surface area contributed by atoms with E-state index in [1.807, 2.05) is 13.8 Å². The molecule has 1 N–H and O–H groups in total. The van der Waals surface area contributed by atoms with Gasteiger partial charge in [0.1, 0.15) is 17.3 Å². The first-order valence-corrected chi connectivity index (χ1v) is 7.94. The fraction of sp³-hybridized carbons (Fsp3) is 0.667. The molecule has 1 aliphatic rings. The molecule has 0 radical (unpaired) electrons. The second-order valence-corrected chi connectivity index (χ2v) is 5.89. The van der Waals surface area contributed by atoms with Crippen molar-refractivity contribution in [1.82, 2.24) is 20.2 Å². The second-order valence-electron chi connectivity index (χ2n) is 5.89. The largest absolute Gasteiger partial charge is 0.433 e. The summed E-state index contributed by atoms with van der Waals surface area (Å²) in [6, 6.07) is 0.912. The number of aromatic nitrogens is 2. The molecule has 0 bridgehead atoms. The van der Waals surface area contributed by atoms with Crippen molar-refractivity contribution in [2.24, 2.45) is 0 Å². The third-order valence-electron chi connectivity index (χ3n) is 3.99. The second kappa shape index (κ2) is 7.23. The number of hydrogen-bond donors (Lipinski definition) is 1. The van der Waals surface area contributed by atoms with Gasteiger partial charge in [-0.05, 0) is 20.3 Å². The Morgan fingerprint density at radius 1 is 1.29 bits per heavy atom. The zero-order valence-corrected chi connectivity index (χ0v) is 14.0. The fourth-order valence-corrected chi connectivity index (χ4v) is 2.40. The number of carbonyl (C=O) groups excluding carboxylic acids is 1. The molecule has 2 amide bonds. The third-order valence-corrected chi connectivity index (χ3v) is 3.99. The molecular weight excluding hydrogens is 323 g/mol. The molecule has 0 aliphatic carbocycles. The maximum Gasteiger partial charge on any atom is 0.433 e. The normalized spacial score (nSPS) is 16.9. The molecule has 1 aliphatic heterocycles. The van der Waals surface area contributed by atoms with E-state index in [1.165, 1.54) is 6.92 Å². The van der Waals surface area contributed by atoms with E-state index >= 15 is 0 Å². The molecule has 1 atom stereocenters. The van der Waals surface area contributed by atoms with Gasteiger partial charge in [0.05, 0.1) is 0 Å². The molecule has 0 aromatic carbocycles. The Balaban J connectivity index is 2.02. The van der Waals surface area contributed by atoms with Crippen LogP contribution in [0.2, 0.25) is 0 Å². The van der Waals surface area contributed by atoms with E-state index in [0.717, 1.165) is 12.5 Å². The smallest absolute Gasteiger partial charge is 0.353 e. The molecule has 9 heteroatoms. The number of hydrogen-bond acceptors (Lipinski definition) is 4. The molecular formula is C15H22F3N5O. The average Bonchev–Trinajstić information content (AvgIpc) is 2.53. The van der Waals surface area contributed by atoms with E-state index in [0.29, 0.717) is 26.2 Å². The number of urea groups is 1. The summed E-state index contributed by atoms with van der Waals surface area (Å²) in [5, 5.41) is 2.89. The van der Waals surface area contributed by atoms with Crippen molar-refractivity contribution in [1.29, 1.82) is 0 Å². The Labute approximate surface area is 139 Å². The summed E-state index contributed by atoms with van der Waals surface area (Å²) in [5.74, 6) is 0.327. The summed E-state index contributed by atoms with van der Waals surface area (Å²) in [7, 11) is 0. The molecule has 0 unspecified atom stereocenters. The molecule has 134 valence electrons. The average molecular weight is 345 g/mol. The Hall–Kier alpha value is -2.06. The summed E-state index contributed by atoms with van der Waals surface area (Å²) in [6.07, 6.45) is -3.66. The number of carbonyl (C=O) groups is 1. The van der Waals surface area contributed by atoms with E-state index in [4.69, 9.17) is 0 Å². The van der Waals surface area contributed by atoms with Crippen molar-refractivity contribution >= 4 is 11.8 Å². The monoisotopic (exact) mass is 345 g/mol. The van der Waals surface area contributed by atoms with Crippen LogP contribution in [0, 0.1) is 6.92 Å². The zero-order valence-electron chi connectivity index (χ0n) is 14.0. The van der Waals surface area contributed by atoms with Crippen LogP contribution in [0.3, 0.4) is 0 Å². The Bertz CT molecular complexity index is 585. The van der Waals surface area contributed by atoms with Crippen molar-refractivity contribution in [3.8, 4) is 0 Å². The Morgan fingerprint density at radius 2 is 1.92 bits per heavy atom. The van der Waals surface area contributed by atoms with Gasteiger partial charge in [-0.2, -0.15) is 13.2 Å². The van der Waals surface area contributed by atoms with E-state index in [-0.39, 0.29) is 23.7 Å². The van der Waals surface area contributed by atoms with Crippen molar-refractivity contribution in [3.63, 3.8) is 0 Å². The van der Waals surface area contributed by atoms with E-state index in [2.05, 4.69) is 15.3 Å². The third kappa shape index (κ3) is 4.48. The molecule has 0 spiro atoms. The highest BCUT2D eigenvalue weighted by atomic mass is 19.4. The fourth-order valence-electron chi connectivity index (χ4n) is 2.40. The number of aryl methyl sites for hydroxylation is 1. The highest BCUT2D eigenvalue weighted by Gasteiger charge is 2.34. The van der Waals surface area contributed by atoms with Gasteiger partial charge in [-0.3, -0.25) is 0 Å². The van der Waals surface area contributed by atoms with Crippen LogP contribution in [0.4, 0.5) is 23.8 Å². The van der Waals surface area contributed by atoms with Gasteiger partial charge in [-0.25, -0.2) is 14.8 Å². The number of piperazine rings is 1. The number of rotatable bonds is 3. The number of alkyl halides is 3. The Kier molecular flexibility index (Phi) is 5.51. The predicted molar refractivity (Wildman–Crippen MR) is 83.8 cm³/mol. The lowest BCUT2D eigenvalue weighted by molar-refractivity contribution is -0.141. The quantitative estimate of drug-likeness (QED) is 0.914. The van der Waals surface area contributed by atoms with Crippen LogP contribution in [-0.4, -0.2) is 53.1 Å². The van der Waals surface area contributed by atoms with Gasteiger partial charge in [0, 0.05) is 38.3 Å². The molecule has 1 fully saturated rings. The summed E-state index contributed by atoms with van der Waals surface area (Å²) >= 11 is 0. The first-order valence-electron chi connectivity index (χ1n) is 7.94. The number of anilines is 1. The lowest BCUT2D eigenvalue weighted by Gasteiger charge is -2.36. The SMILES string of the molecule is CC[C@@H](C)NC(=O)N1CCN(c2cc(C(F)(F)F)nc(C)n2)CC1. The minimum Gasteiger partial charge on any atom is -0.353 e. The van der Waals surface area contributed by atoms with E-state index < -0.39 is 11.9 Å². The molecule has 2 heterocycles. The minimum atomic E-state index is -4.50. The molecule has 1 aromatic rings. The van der Waals surface area contributed by atoms with Crippen LogP contribution in [0.25, 0.3) is 0 Å². The van der Waals surface area contributed by atoms with Crippen molar-refractivity contribution in [2.45, 2.75) is 39.4 Å². The standard InChI is InChI=1S/C15H22F3N5O/c1-4-10(2)19-14(24)23-7-5-22(6-8-23)13-9-12(15(16,17)18)20-11(3)21-13/h9-10H,4-8H2,1-3H3,(H,19,24)/t10-/m1/s1. The molecule has 1 saturated heterocycles. The van der Waals surface area contributed by atoms with Crippen LogP contribution < -0.4 is 10.2 Å². The first kappa shape index (κ1) is 18.3. The van der Waals surface area contributed by atoms with E-state index in [1.54, 1.807) is 9.80 Å². The van der Waals surface area contributed by atoms with Crippen molar-refractivity contribution in [2.75, 3.05) is 31.1 Å². The molecule has 6 nitrogen and oxygen atoms in total. The number of nitrogens with zero attached hydrogens (tertiary/aromatic N) is 4. The number of nitrogens with one attached hydrogen (secondary N) is 1. The summed E-state index contributed by atoms with van der Waals surface area (Å²) < 4.78 is 38.6. The van der Waals surface area contributed by atoms with Gasteiger partial charge in [0.15, 0.2) is 0 Å². The summed E-state index contributed by atoms with van der Waals surface area (Å²) in [6.45, 7) is 7.09. The Morgan fingerprint density at radius 3 is 2.46 bits per heavy atom. The van der Waals surface area contributed by atoms with Gasteiger partial charge in [-0.1, -0.05) is 6.92 Å². The maximum atomic E-state index is 12.9. The highest BCUT2D eigenvalue weighted by Crippen LogP contribution is 2.29. The van der Waals surface area contributed by atoms with Gasteiger partial charge < -0.3 is 15.1 Å². The van der Waals surface area contributed by atoms with Crippen LogP contribution in [0.1, 0.15) is 31.8 Å². The van der Waals surface area contributed by atoms with Gasteiger partial charge in [0.25, 0.3) is 0 Å². The minimum absolute atomic E-state index is 0.0803. The van der Waals surface area contributed by atoms with Crippen LogP contribution in [0.15, 0.2) is 6.07 Å². The van der Waals surface area contributed by atoms with Crippen LogP contribution in [-0.2, 0) is 6.18 Å². The van der Waals surface area contributed by atoms with E-state index in [9.17, 15) is 18.0 Å². The maximum absolute atomic E-state index is 12.9. The lowest BCUT2D eigenvalue weighted by Crippen LogP contribution is -2.53. The van der Waals surface area contributed by atoms with Crippen molar-refractivity contribution in [3.05, 3.63) is 17.6 Å². The van der Waals surface area contributed by atoms with Crippen LogP contribution in [0.5, 0.6) is 0 Å². The number of amides is 2. The predicted octanol–water partition coefficient (Wildman–Crippen LogP) is 2.43. The first-order chi connectivity index (χ1) is 11.2.